The maximum Gasteiger partial charge on any atom is -0.0320 e. The molecular formula is C12H22. The van der Waals surface area contributed by atoms with Gasteiger partial charge in [0.05, 0.1) is 0 Å². The summed E-state index contributed by atoms with van der Waals surface area (Å²) in [7, 11) is 0. The monoisotopic (exact) mass is 166 g/mol. The average Bonchev–Trinajstić information content (AvgIpc) is 2.19. The van der Waals surface area contributed by atoms with E-state index in [-0.39, 0.29) is 0 Å². The zero-order valence-corrected chi connectivity index (χ0v) is 8.44. The van der Waals surface area contributed by atoms with Crippen LogP contribution in [0.25, 0.3) is 0 Å². The van der Waals surface area contributed by atoms with E-state index in [2.05, 4.69) is 13.0 Å². The minimum atomic E-state index is 1.33. The standard InChI is InChI=1S/C12H22/c1-2-9-12-10-7-5-3-4-6-8-11-12/h10H,2-9,11H2,1H3. The Bertz CT molecular complexity index is 133. The van der Waals surface area contributed by atoms with E-state index < -0.39 is 0 Å². The van der Waals surface area contributed by atoms with Crippen LogP contribution >= 0.6 is 0 Å². The van der Waals surface area contributed by atoms with Gasteiger partial charge in [-0.2, -0.15) is 0 Å². The van der Waals surface area contributed by atoms with Crippen LogP contribution in [0, 0.1) is 0 Å². The van der Waals surface area contributed by atoms with Crippen molar-refractivity contribution in [3.8, 4) is 0 Å². The Kier molecular flexibility index (Phi) is 5.14. The maximum atomic E-state index is 2.51. The molecule has 0 N–H and O–H groups in total. The van der Waals surface area contributed by atoms with Crippen molar-refractivity contribution in [3.63, 3.8) is 0 Å². The number of hydrogen-bond acceptors (Lipinski definition) is 0. The first-order valence-electron chi connectivity index (χ1n) is 5.61. The van der Waals surface area contributed by atoms with Crippen LogP contribution in [0.15, 0.2) is 11.6 Å². The van der Waals surface area contributed by atoms with Gasteiger partial charge >= 0.3 is 0 Å². The molecule has 0 radical (unpaired) electrons. The molecule has 12 heavy (non-hydrogen) atoms. The van der Waals surface area contributed by atoms with Crippen LogP contribution in [0.2, 0.25) is 0 Å². The fourth-order valence-electron chi connectivity index (χ4n) is 1.98. The molecule has 0 atom stereocenters. The predicted octanol–water partition coefficient (Wildman–Crippen LogP) is 4.46. The summed E-state index contributed by atoms with van der Waals surface area (Å²) >= 11 is 0. The second-order valence-electron chi connectivity index (χ2n) is 3.92. The van der Waals surface area contributed by atoms with Crippen LogP contribution in [0.5, 0.6) is 0 Å². The normalized spacial score (nSPS) is 20.6. The van der Waals surface area contributed by atoms with Gasteiger partial charge in [-0.15, -0.1) is 0 Å². The maximum absolute atomic E-state index is 2.51. The van der Waals surface area contributed by atoms with E-state index in [4.69, 9.17) is 0 Å². The number of allylic oxidation sites excluding steroid dienone is 2. The van der Waals surface area contributed by atoms with Gasteiger partial charge in [-0.3, -0.25) is 0 Å². The van der Waals surface area contributed by atoms with Crippen LogP contribution < -0.4 is 0 Å². The van der Waals surface area contributed by atoms with Gasteiger partial charge in [0.25, 0.3) is 0 Å². The van der Waals surface area contributed by atoms with E-state index in [9.17, 15) is 0 Å². The van der Waals surface area contributed by atoms with E-state index >= 15 is 0 Å². The zero-order valence-electron chi connectivity index (χ0n) is 8.44. The lowest BCUT2D eigenvalue weighted by Crippen LogP contribution is -1.83. The Hall–Kier alpha value is -0.260. The van der Waals surface area contributed by atoms with E-state index in [0.29, 0.717) is 0 Å². The predicted molar refractivity (Wildman–Crippen MR) is 55.3 cm³/mol. The fraction of sp³-hybridized carbons (Fsp3) is 0.833. The molecule has 0 nitrogen and oxygen atoms in total. The molecule has 0 aliphatic heterocycles. The Morgan fingerprint density at radius 2 is 1.83 bits per heavy atom. The molecule has 0 heterocycles. The van der Waals surface area contributed by atoms with Crippen molar-refractivity contribution in [2.75, 3.05) is 0 Å². The van der Waals surface area contributed by atoms with Crippen molar-refractivity contribution in [2.45, 2.75) is 64.7 Å². The summed E-state index contributed by atoms with van der Waals surface area (Å²) in [5.74, 6) is 0. The topological polar surface area (TPSA) is 0 Å². The Balaban J connectivity index is 2.33. The minimum absolute atomic E-state index is 1.33. The number of hydrogen-bond donors (Lipinski definition) is 0. The van der Waals surface area contributed by atoms with E-state index in [1.54, 1.807) is 5.57 Å². The summed E-state index contributed by atoms with van der Waals surface area (Å²) in [4.78, 5) is 0. The van der Waals surface area contributed by atoms with Crippen molar-refractivity contribution < 1.29 is 0 Å². The first kappa shape index (κ1) is 9.83. The largest absolute Gasteiger partial charge is 0.0853 e. The Labute approximate surface area is 77.1 Å². The summed E-state index contributed by atoms with van der Waals surface area (Å²) in [6, 6.07) is 0. The molecule has 1 aliphatic carbocycles. The average molecular weight is 166 g/mol. The van der Waals surface area contributed by atoms with E-state index in [1.165, 1.54) is 57.8 Å². The third-order valence-corrected chi connectivity index (χ3v) is 2.71. The molecule has 0 aromatic carbocycles. The van der Waals surface area contributed by atoms with Gasteiger partial charge in [0.15, 0.2) is 0 Å². The quantitative estimate of drug-likeness (QED) is 0.531. The molecule has 0 aromatic rings. The third-order valence-electron chi connectivity index (χ3n) is 2.71. The molecule has 0 saturated heterocycles. The first-order chi connectivity index (χ1) is 5.93. The van der Waals surface area contributed by atoms with Crippen LogP contribution in [0.1, 0.15) is 64.7 Å². The van der Waals surface area contributed by atoms with Gasteiger partial charge in [-0.25, -0.2) is 0 Å². The lowest BCUT2D eigenvalue weighted by atomic mass is 10.0. The lowest BCUT2D eigenvalue weighted by Gasteiger charge is -2.03. The summed E-state index contributed by atoms with van der Waals surface area (Å²) in [5, 5.41) is 0. The highest BCUT2D eigenvalue weighted by Crippen LogP contribution is 2.19. The highest BCUT2D eigenvalue weighted by atomic mass is 14.1. The van der Waals surface area contributed by atoms with Gasteiger partial charge in [-0.05, 0) is 32.1 Å². The molecule has 0 aromatic heterocycles. The van der Waals surface area contributed by atoms with Crippen LogP contribution in [-0.2, 0) is 0 Å². The van der Waals surface area contributed by atoms with Gasteiger partial charge in [0.2, 0.25) is 0 Å². The molecule has 1 rings (SSSR count). The van der Waals surface area contributed by atoms with Crippen molar-refractivity contribution in [1.82, 2.24) is 0 Å². The van der Waals surface area contributed by atoms with Crippen molar-refractivity contribution in [1.29, 1.82) is 0 Å². The molecule has 0 unspecified atom stereocenters. The van der Waals surface area contributed by atoms with E-state index in [0.717, 1.165) is 0 Å². The smallest absolute Gasteiger partial charge is 0.0320 e. The zero-order chi connectivity index (χ0) is 8.65. The van der Waals surface area contributed by atoms with Gasteiger partial charge in [0, 0.05) is 0 Å². The van der Waals surface area contributed by atoms with Gasteiger partial charge in [-0.1, -0.05) is 44.3 Å². The van der Waals surface area contributed by atoms with Crippen LogP contribution in [0.3, 0.4) is 0 Å². The molecule has 1 aliphatic rings. The molecule has 0 heteroatoms. The van der Waals surface area contributed by atoms with Gasteiger partial charge < -0.3 is 0 Å². The van der Waals surface area contributed by atoms with Gasteiger partial charge in [0.1, 0.15) is 0 Å². The molecule has 0 spiro atoms. The van der Waals surface area contributed by atoms with E-state index in [1.807, 2.05) is 0 Å². The third kappa shape index (κ3) is 3.94. The van der Waals surface area contributed by atoms with Crippen molar-refractivity contribution >= 4 is 0 Å². The summed E-state index contributed by atoms with van der Waals surface area (Å²) in [5.41, 5.74) is 1.74. The summed E-state index contributed by atoms with van der Waals surface area (Å²) < 4.78 is 0. The molecule has 70 valence electrons. The Morgan fingerprint density at radius 1 is 1.08 bits per heavy atom. The number of rotatable bonds is 2. The molecule has 0 amide bonds. The second kappa shape index (κ2) is 6.28. The molecule has 0 fully saturated rings. The molecule has 0 saturated carbocycles. The fourth-order valence-corrected chi connectivity index (χ4v) is 1.98. The minimum Gasteiger partial charge on any atom is -0.0853 e. The summed E-state index contributed by atoms with van der Waals surface area (Å²) in [6.07, 6.45) is 15.1. The second-order valence-corrected chi connectivity index (χ2v) is 3.92. The molecular weight excluding hydrogens is 144 g/mol. The lowest BCUT2D eigenvalue weighted by molar-refractivity contribution is 0.625. The van der Waals surface area contributed by atoms with Crippen molar-refractivity contribution in [2.24, 2.45) is 0 Å². The molecule has 0 bridgehead atoms. The first-order valence-corrected chi connectivity index (χ1v) is 5.61. The van der Waals surface area contributed by atoms with Crippen LogP contribution in [-0.4, -0.2) is 0 Å². The summed E-state index contributed by atoms with van der Waals surface area (Å²) in [6.45, 7) is 2.29. The Morgan fingerprint density at radius 3 is 2.67 bits per heavy atom. The highest BCUT2D eigenvalue weighted by molar-refractivity contribution is 5.02. The highest BCUT2D eigenvalue weighted by Gasteiger charge is 1.99. The van der Waals surface area contributed by atoms with Crippen LogP contribution in [0.4, 0.5) is 0 Å². The van der Waals surface area contributed by atoms with Crippen molar-refractivity contribution in [3.05, 3.63) is 11.6 Å². The SMILES string of the molecule is CCCC1=CCCCCCCC1.